The zero-order valence-corrected chi connectivity index (χ0v) is 14.4. The molecule has 0 aliphatic heterocycles. The molecule has 0 atom stereocenters. The van der Waals surface area contributed by atoms with E-state index >= 15 is 0 Å². The quantitative estimate of drug-likeness (QED) is 0.451. The molecule has 0 saturated carbocycles. The van der Waals surface area contributed by atoms with Crippen molar-refractivity contribution in [2.24, 2.45) is 4.99 Å². The number of rotatable bonds is 6. The van der Waals surface area contributed by atoms with Crippen molar-refractivity contribution in [2.75, 3.05) is 13.7 Å². The van der Waals surface area contributed by atoms with Gasteiger partial charge in [-0.25, -0.2) is 8.78 Å². The minimum absolute atomic E-state index is 0.0119. The molecule has 0 heterocycles. The fourth-order valence-electron chi connectivity index (χ4n) is 2.17. The van der Waals surface area contributed by atoms with Crippen LogP contribution in [0.1, 0.15) is 11.1 Å². The van der Waals surface area contributed by atoms with Crippen LogP contribution in [0.5, 0.6) is 5.75 Å². The number of nitrogens with zero attached hydrogens (tertiary/aromatic N) is 1. The predicted octanol–water partition coefficient (Wildman–Crippen LogP) is 3.77. The number of hydrogen-bond donors (Lipinski definition) is 2. The van der Waals surface area contributed by atoms with Gasteiger partial charge in [0.1, 0.15) is 17.4 Å². The molecule has 0 aromatic heterocycles. The Morgan fingerprint density at radius 3 is 2.48 bits per heavy atom. The third-order valence-corrected chi connectivity index (χ3v) is 3.44. The number of alkyl halides is 3. The van der Waals surface area contributed by atoms with E-state index < -0.39 is 24.4 Å². The molecule has 0 saturated heterocycles. The van der Waals surface area contributed by atoms with Gasteiger partial charge in [-0.1, -0.05) is 12.1 Å². The topological polar surface area (TPSA) is 45.7 Å². The van der Waals surface area contributed by atoms with Crippen molar-refractivity contribution in [1.29, 1.82) is 0 Å². The van der Waals surface area contributed by atoms with E-state index in [0.717, 1.165) is 18.2 Å². The number of aliphatic imine (C=N–C) groups is 1. The molecule has 0 amide bonds. The Kier molecular flexibility index (Phi) is 6.98. The summed E-state index contributed by atoms with van der Waals surface area (Å²) in [6.07, 6.45) is -4.41. The van der Waals surface area contributed by atoms with Crippen molar-refractivity contribution in [1.82, 2.24) is 10.6 Å². The van der Waals surface area contributed by atoms with Crippen LogP contribution in [0, 0.1) is 11.6 Å². The van der Waals surface area contributed by atoms with E-state index in [4.69, 9.17) is 4.74 Å². The van der Waals surface area contributed by atoms with Gasteiger partial charge in [0, 0.05) is 25.7 Å². The highest BCUT2D eigenvalue weighted by Crippen LogP contribution is 2.19. The monoisotopic (exact) mass is 387 g/mol. The molecule has 0 aliphatic carbocycles. The largest absolute Gasteiger partial charge is 0.484 e. The van der Waals surface area contributed by atoms with E-state index in [-0.39, 0.29) is 24.4 Å². The molecular formula is C18H18F5N3O. The summed E-state index contributed by atoms with van der Waals surface area (Å²) >= 11 is 0. The second kappa shape index (κ2) is 9.20. The van der Waals surface area contributed by atoms with E-state index in [1.54, 1.807) is 12.1 Å². The second-order valence-corrected chi connectivity index (χ2v) is 5.57. The number of ether oxygens (including phenoxy) is 1. The number of halogens is 5. The van der Waals surface area contributed by atoms with Crippen LogP contribution in [-0.2, 0) is 13.1 Å². The molecule has 0 radical (unpaired) electrons. The van der Waals surface area contributed by atoms with Crippen LogP contribution in [0.25, 0.3) is 0 Å². The smallest absolute Gasteiger partial charge is 0.422 e. The Balaban J connectivity index is 1.89. The standard InChI is InChI=1S/C18H18F5N3O/c1-24-17(26-10-13-8-14(19)5-6-16(13)20)25-9-12-3-2-4-15(7-12)27-11-18(21,22)23/h2-8H,9-11H2,1H3,(H2,24,25,26). The molecule has 0 unspecified atom stereocenters. The van der Waals surface area contributed by atoms with Gasteiger partial charge in [-0.05, 0) is 35.9 Å². The van der Waals surface area contributed by atoms with E-state index in [0.29, 0.717) is 11.5 Å². The predicted molar refractivity (Wildman–Crippen MR) is 91.4 cm³/mol. The summed E-state index contributed by atoms with van der Waals surface area (Å²) in [6, 6.07) is 9.31. The summed E-state index contributed by atoms with van der Waals surface area (Å²) in [4.78, 5) is 3.96. The molecule has 2 rings (SSSR count). The number of nitrogens with one attached hydrogen (secondary N) is 2. The Hall–Kier alpha value is -2.84. The van der Waals surface area contributed by atoms with E-state index in [2.05, 4.69) is 15.6 Å². The maximum atomic E-state index is 13.6. The minimum Gasteiger partial charge on any atom is -0.484 e. The zero-order valence-electron chi connectivity index (χ0n) is 14.4. The van der Waals surface area contributed by atoms with Crippen LogP contribution in [0.3, 0.4) is 0 Å². The first-order chi connectivity index (χ1) is 12.8. The van der Waals surface area contributed by atoms with Crippen LogP contribution < -0.4 is 15.4 Å². The Morgan fingerprint density at radius 2 is 1.78 bits per heavy atom. The fraction of sp³-hybridized carbons (Fsp3) is 0.278. The maximum absolute atomic E-state index is 13.6. The molecule has 4 nitrogen and oxygen atoms in total. The first-order valence-corrected chi connectivity index (χ1v) is 7.94. The second-order valence-electron chi connectivity index (χ2n) is 5.57. The Morgan fingerprint density at radius 1 is 1.04 bits per heavy atom. The molecule has 146 valence electrons. The van der Waals surface area contributed by atoms with Crippen LogP contribution in [0.4, 0.5) is 22.0 Å². The van der Waals surface area contributed by atoms with Crippen molar-refractivity contribution in [3.05, 3.63) is 65.2 Å². The van der Waals surface area contributed by atoms with Crippen molar-refractivity contribution in [3.8, 4) is 5.75 Å². The van der Waals surface area contributed by atoms with Gasteiger partial charge in [0.2, 0.25) is 0 Å². The van der Waals surface area contributed by atoms with Crippen LogP contribution in [0.2, 0.25) is 0 Å². The van der Waals surface area contributed by atoms with Crippen molar-refractivity contribution in [3.63, 3.8) is 0 Å². The van der Waals surface area contributed by atoms with Gasteiger partial charge in [0.25, 0.3) is 0 Å². The first-order valence-electron chi connectivity index (χ1n) is 7.94. The van der Waals surface area contributed by atoms with E-state index in [1.807, 2.05) is 0 Å². The lowest BCUT2D eigenvalue weighted by atomic mass is 10.2. The molecule has 0 bridgehead atoms. The van der Waals surface area contributed by atoms with E-state index in [9.17, 15) is 22.0 Å². The Labute approximate surface area is 153 Å². The van der Waals surface area contributed by atoms with Gasteiger partial charge in [-0.15, -0.1) is 0 Å². The van der Waals surface area contributed by atoms with Crippen molar-refractivity contribution < 1.29 is 26.7 Å². The van der Waals surface area contributed by atoms with Gasteiger partial charge in [0.15, 0.2) is 12.6 Å². The van der Waals surface area contributed by atoms with Crippen molar-refractivity contribution >= 4 is 5.96 Å². The first kappa shape index (κ1) is 20.5. The summed E-state index contributed by atoms with van der Waals surface area (Å²) in [5.41, 5.74) is 0.801. The molecule has 0 fully saturated rings. The summed E-state index contributed by atoms with van der Waals surface area (Å²) in [7, 11) is 1.50. The van der Waals surface area contributed by atoms with Crippen LogP contribution >= 0.6 is 0 Å². The molecule has 2 aromatic rings. The Bertz CT molecular complexity index is 793. The third kappa shape index (κ3) is 7.12. The molecule has 9 heteroatoms. The molecule has 0 aliphatic rings. The van der Waals surface area contributed by atoms with Gasteiger partial charge in [-0.2, -0.15) is 13.2 Å². The highest BCUT2D eigenvalue weighted by atomic mass is 19.4. The van der Waals surface area contributed by atoms with Gasteiger partial charge < -0.3 is 15.4 Å². The van der Waals surface area contributed by atoms with Crippen molar-refractivity contribution in [2.45, 2.75) is 19.3 Å². The maximum Gasteiger partial charge on any atom is 0.422 e. The fourth-order valence-corrected chi connectivity index (χ4v) is 2.17. The van der Waals surface area contributed by atoms with Crippen LogP contribution in [-0.4, -0.2) is 25.8 Å². The summed E-state index contributed by atoms with van der Waals surface area (Å²) < 4.78 is 68.1. The molecule has 2 aromatic carbocycles. The lowest BCUT2D eigenvalue weighted by Gasteiger charge is -2.13. The third-order valence-electron chi connectivity index (χ3n) is 3.44. The number of guanidine groups is 1. The zero-order chi connectivity index (χ0) is 19.9. The summed E-state index contributed by atoms with van der Waals surface area (Å²) in [5, 5.41) is 5.77. The molecule has 27 heavy (non-hydrogen) atoms. The lowest BCUT2D eigenvalue weighted by molar-refractivity contribution is -0.153. The molecule has 2 N–H and O–H groups in total. The normalized spacial score (nSPS) is 12.0. The number of hydrogen-bond acceptors (Lipinski definition) is 2. The molecule has 0 spiro atoms. The average Bonchev–Trinajstić information content (AvgIpc) is 2.62. The minimum atomic E-state index is -4.41. The van der Waals surface area contributed by atoms with Gasteiger partial charge in [-0.3, -0.25) is 4.99 Å². The highest BCUT2D eigenvalue weighted by molar-refractivity contribution is 5.79. The van der Waals surface area contributed by atoms with Crippen LogP contribution in [0.15, 0.2) is 47.5 Å². The lowest BCUT2D eigenvalue weighted by Crippen LogP contribution is -2.36. The molecular weight excluding hydrogens is 369 g/mol. The summed E-state index contributed by atoms with van der Waals surface area (Å²) in [5.74, 6) is -0.683. The SMILES string of the molecule is CN=C(NCc1cccc(OCC(F)(F)F)c1)NCc1cc(F)ccc1F. The average molecular weight is 387 g/mol. The summed E-state index contributed by atoms with van der Waals surface area (Å²) in [6.45, 7) is -1.11. The van der Waals surface area contributed by atoms with Gasteiger partial charge in [0.05, 0.1) is 0 Å². The van der Waals surface area contributed by atoms with E-state index in [1.165, 1.54) is 19.2 Å². The van der Waals surface area contributed by atoms with Gasteiger partial charge >= 0.3 is 6.18 Å². The number of benzene rings is 2. The highest BCUT2D eigenvalue weighted by Gasteiger charge is 2.28.